The standard InChI is InChI=1S/C21H27N3O2/c1-21(2,3)20(26)23-11-9-16(10-12-23)14-24-15-22-13-18(19(24)25)17-7-5-4-6-8-17/h4-8,13,15-16H,9-12,14H2,1-3H3. The average Bonchev–Trinajstić information content (AvgIpc) is 2.63. The molecule has 26 heavy (non-hydrogen) atoms. The van der Waals surface area contributed by atoms with Crippen molar-refractivity contribution in [1.82, 2.24) is 14.5 Å². The zero-order chi connectivity index (χ0) is 18.7. The molecule has 0 atom stereocenters. The molecule has 5 nitrogen and oxygen atoms in total. The number of nitrogens with zero attached hydrogens (tertiary/aromatic N) is 3. The van der Waals surface area contributed by atoms with E-state index in [0.717, 1.165) is 31.5 Å². The van der Waals surface area contributed by atoms with Gasteiger partial charge in [-0.25, -0.2) is 4.98 Å². The van der Waals surface area contributed by atoms with Gasteiger partial charge in [0.2, 0.25) is 5.91 Å². The summed E-state index contributed by atoms with van der Waals surface area (Å²) in [6.07, 6.45) is 5.11. The lowest BCUT2D eigenvalue weighted by atomic mass is 9.91. The van der Waals surface area contributed by atoms with Crippen molar-refractivity contribution in [2.45, 2.75) is 40.2 Å². The first kappa shape index (κ1) is 18.4. The molecule has 3 rings (SSSR count). The van der Waals surface area contributed by atoms with Crippen LogP contribution in [-0.2, 0) is 11.3 Å². The molecular formula is C21H27N3O2. The molecule has 1 aliphatic heterocycles. The number of carbonyl (C=O) groups excluding carboxylic acids is 1. The van der Waals surface area contributed by atoms with E-state index in [1.165, 1.54) is 0 Å². The van der Waals surface area contributed by atoms with E-state index in [2.05, 4.69) is 4.98 Å². The van der Waals surface area contributed by atoms with Gasteiger partial charge < -0.3 is 4.90 Å². The van der Waals surface area contributed by atoms with Crippen LogP contribution < -0.4 is 5.56 Å². The van der Waals surface area contributed by atoms with Crippen LogP contribution in [0.1, 0.15) is 33.6 Å². The van der Waals surface area contributed by atoms with Crippen molar-refractivity contribution in [1.29, 1.82) is 0 Å². The van der Waals surface area contributed by atoms with Gasteiger partial charge in [-0.15, -0.1) is 0 Å². The van der Waals surface area contributed by atoms with Crippen molar-refractivity contribution < 1.29 is 4.79 Å². The van der Waals surface area contributed by atoms with Gasteiger partial charge in [-0.05, 0) is 24.3 Å². The first-order chi connectivity index (χ1) is 12.4. The van der Waals surface area contributed by atoms with Gasteiger partial charge in [-0.2, -0.15) is 0 Å². The molecule has 0 N–H and O–H groups in total. The quantitative estimate of drug-likeness (QED) is 0.851. The highest BCUT2D eigenvalue weighted by atomic mass is 16.2. The largest absolute Gasteiger partial charge is 0.342 e. The molecule has 1 aromatic heterocycles. The van der Waals surface area contributed by atoms with Crippen LogP contribution in [-0.4, -0.2) is 33.4 Å². The number of hydrogen-bond acceptors (Lipinski definition) is 3. The van der Waals surface area contributed by atoms with Crippen molar-refractivity contribution in [3.8, 4) is 11.1 Å². The van der Waals surface area contributed by atoms with Crippen molar-refractivity contribution in [2.75, 3.05) is 13.1 Å². The van der Waals surface area contributed by atoms with Crippen molar-refractivity contribution in [2.24, 2.45) is 11.3 Å². The Hall–Kier alpha value is -2.43. The Morgan fingerprint density at radius 2 is 1.81 bits per heavy atom. The number of piperidine rings is 1. The van der Waals surface area contributed by atoms with E-state index in [-0.39, 0.29) is 16.9 Å². The van der Waals surface area contributed by atoms with Gasteiger partial charge in [0, 0.05) is 31.2 Å². The first-order valence-electron chi connectivity index (χ1n) is 9.25. The SMILES string of the molecule is CC(C)(C)C(=O)N1CCC(Cn2cncc(-c3ccccc3)c2=O)CC1. The first-order valence-corrected chi connectivity index (χ1v) is 9.25. The van der Waals surface area contributed by atoms with Crippen LogP contribution in [0, 0.1) is 11.3 Å². The molecule has 1 aliphatic rings. The number of aromatic nitrogens is 2. The van der Waals surface area contributed by atoms with Gasteiger partial charge in [-0.3, -0.25) is 14.2 Å². The smallest absolute Gasteiger partial charge is 0.261 e. The Kier molecular flexibility index (Phi) is 5.25. The minimum absolute atomic E-state index is 0.000558. The summed E-state index contributed by atoms with van der Waals surface area (Å²) in [4.78, 5) is 31.4. The Labute approximate surface area is 154 Å². The van der Waals surface area contributed by atoms with Crippen LogP contribution >= 0.6 is 0 Å². The van der Waals surface area contributed by atoms with Gasteiger partial charge >= 0.3 is 0 Å². The lowest BCUT2D eigenvalue weighted by Gasteiger charge is -2.35. The van der Waals surface area contributed by atoms with E-state index < -0.39 is 0 Å². The minimum Gasteiger partial charge on any atom is -0.342 e. The van der Waals surface area contributed by atoms with Crippen LogP contribution in [0.3, 0.4) is 0 Å². The summed E-state index contributed by atoms with van der Waals surface area (Å²) < 4.78 is 1.72. The van der Waals surface area contributed by atoms with Crippen molar-refractivity contribution in [3.05, 3.63) is 53.2 Å². The molecule has 1 saturated heterocycles. The number of likely N-dealkylation sites (tertiary alicyclic amines) is 1. The van der Waals surface area contributed by atoms with Gasteiger partial charge in [0.05, 0.1) is 11.9 Å². The third kappa shape index (κ3) is 4.03. The molecule has 0 aliphatic carbocycles. The fraction of sp³-hybridized carbons (Fsp3) is 0.476. The van der Waals surface area contributed by atoms with Gasteiger partial charge in [-0.1, -0.05) is 51.1 Å². The summed E-state index contributed by atoms with van der Waals surface area (Å²) in [6.45, 7) is 8.07. The predicted octanol–water partition coefficient (Wildman–Crippen LogP) is 3.20. The van der Waals surface area contributed by atoms with E-state index in [0.29, 0.717) is 18.0 Å². The summed E-state index contributed by atoms with van der Waals surface area (Å²) in [7, 11) is 0. The van der Waals surface area contributed by atoms with Gasteiger partial charge in [0.15, 0.2) is 0 Å². The molecule has 0 unspecified atom stereocenters. The van der Waals surface area contributed by atoms with Gasteiger partial charge in [0.25, 0.3) is 5.56 Å². The zero-order valence-electron chi connectivity index (χ0n) is 15.8. The number of amides is 1. The second-order valence-corrected chi connectivity index (χ2v) is 8.12. The highest BCUT2D eigenvalue weighted by Gasteiger charge is 2.30. The van der Waals surface area contributed by atoms with E-state index in [4.69, 9.17) is 0 Å². The molecule has 1 aromatic carbocycles. The number of benzene rings is 1. The minimum atomic E-state index is -0.336. The molecule has 5 heteroatoms. The maximum Gasteiger partial charge on any atom is 0.261 e. The Balaban J connectivity index is 1.68. The lowest BCUT2D eigenvalue weighted by Crippen LogP contribution is -2.44. The topological polar surface area (TPSA) is 55.2 Å². The van der Waals surface area contributed by atoms with Crippen LogP contribution in [0.5, 0.6) is 0 Å². The second-order valence-electron chi connectivity index (χ2n) is 8.12. The van der Waals surface area contributed by atoms with E-state index >= 15 is 0 Å². The molecule has 0 saturated carbocycles. The molecule has 0 bridgehead atoms. The molecule has 138 valence electrons. The molecular weight excluding hydrogens is 326 g/mol. The summed E-state index contributed by atoms with van der Waals surface area (Å²) in [5, 5.41) is 0. The third-order valence-corrected chi connectivity index (χ3v) is 4.98. The number of rotatable bonds is 3. The highest BCUT2D eigenvalue weighted by Crippen LogP contribution is 2.24. The summed E-state index contributed by atoms with van der Waals surface area (Å²) in [5.41, 5.74) is 1.19. The Morgan fingerprint density at radius 3 is 2.42 bits per heavy atom. The molecule has 0 radical (unpaired) electrons. The maximum atomic E-state index is 12.8. The summed E-state index contributed by atoms with van der Waals surface area (Å²) in [5.74, 6) is 0.602. The van der Waals surface area contributed by atoms with Crippen molar-refractivity contribution in [3.63, 3.8) is 0 Å². The van der Waals surface area contributed by atoms with Crippen LogP contribution in [0.2, 0.25) is 0 Å². The molecule has 1 amide bonds. The van der Waals surface area contributed by atoms with Crippen molar-refractivity contribution >= 4 is 5.91 Å². The normalized spacial score (nSPS) is 15.9. The number of hydrogen-bond donors (Lipinski definition) is 0. The Morgan fingerprint density at radius 1 is 1.15 bits per heavy atom. The number of carbonyl (C=O) groups is 1. The lowest BCUT2D eigenvalue weighted by molar-refractivity contribution is -0.140. The van der Waals surface area contributed by atoms with Gasteiger partial charge in [0.1, 0.15) is 0 Å². The second kappa shape index (κ2) is 7.44. The predicted molar refractivity (Wildman–Crippen MR) is 103 cm³/mol. The fourth-order valence-corrected chi connectivity index (χ4v) is 3.47. The molecule has 2 aromatic rings. The maximum absolute atomic E-state index is 12.8. The highest BCUT2D eigenvalue weighted by molar-refractivity contribution is 5.81. The molecule has 0 spiro atoms. The van der Waals surface area contributed by atoms with E-state index in [9.17, 15) is 9.59 Å². The monoisotopic (exact) mass is 353 g/mol. The Bertz CT molecular complexity index is 813. The molecule has 2 heterocycles. The summed E-state index contributed by atoms with van der Waals surface area (Å²) in [6, 6.07) is 9.64. The molecule has 1 fully saturated rings. The summed E-state index contributed by atoms with van der Waals surface area (Å²) >= 11 is 0. The zero-order valence-corrected chi connectivity index (χ0v) is 15.8. The van der Waals surface area contributed by atoms with Crippen LogP contribution in [0.4, 0.5) is 0 Å². The average molecular weight is 353 g/mol. The fourth-order valence-electron chi connectivity index (χ4n) is 3.47. The van der Waals surface area contributed by atoms with Crippen LogP contribution in [0.25, 0.3) is 11.1 Å². The van der Waals surface area contributed by atoms with E-state index in [1.807, 2.05) is 56.0 Å². The van der Waals surface area contributed by atoms with Crippen LogP contribution in [0.15, 0.2) is 47.7 Å². The van der Waals surface area contributed by atoms with E-state index in [1.54, 1.807) is 17.1 Å². The third-order valence-electron chi connectivity index (χ3n) is 4.98.